The number of hydrogen-bond acceptors (Lipinski definition) is 1. The molecule has 0 radical (unpaired) electrons. The molecule has 90 valence electrons. The summed E-state index contributed by atoms with van der Waals surface area (Å²) in [5, 5.41) is 8.94. The molecule has 0 saturated heterocycles. The predicted octanol–water partition coefficient (Wildman–Crippen LogP) is 3.86. The molecule has 0 aliphatic heterocycles. The van der Waals surface area contributed by atoms with E-state index >= 15 is 0 Å². The third-order valence-corrected chi connectivity index (χ3v) is 4.78. The fourth-order valence-electron chi connectivity index (χ4n) is 3.08. The van der Waals surface area contributed by atoms with E-state index in [0.29, 0.717) is 12.0 Å². The summed E-state index contributed by atoms with van der Waals surface area (Å²) >= 11 is 0. The van der Waals surface area contributed by atoms with Crippen molar-refractivity contribution >= 4 is 0 Å². The Kier molecular flexibility index (Phi) is 4.64. The minimum absolute atomic E-state index is 0.357. The smallest absolute Gasteiger partial charge is 0.0431 e. The molecule has 3 atom stereocenters. The zero-order valence-corrected chi connectivity index (χ0v) is 10.9. The Balaban J connectivity index is 2.50. The van der Waals surface area contributed by atoms with Crippen molar-refractivity contribution in [3.8, 4) is 0 Å². The summed E-state index contributed by atoms with van der Waals surface area (Å²) < 4.78 is 0. The van der Waals surface area contributed by atoms with E-state index in [4.69, 9.17) is 5.11 Å². The monoisotopic (exact) mass is 212 g/mol. The lowest BCUT2D eigenvalue weighted by molar-refractivity contribution is 0.0594. The summed E-state index contributed by atoms with van der Waals surface area (Å²) in [7, 11) is 0. The largest absolute Gasteiger partial charge is 0.396 e. The van der Waals surface area contributed by atoms with Crippen molar-refractivity contribution in [3.63, 3.8) is 0 Å². The van der Waals surface area contributed by atoms with E-state index < -0.39 is 0 Å². The second-order valence-electron chi connectivity index (χ2n) is 6.16. The predicted molar refractivity (Wildman–Crippen MR) is 65.8 cm³/mol. The summed E-state index contributed by atoms with van der Waals surface area (Å²) in [6.07, 6.45) is 6.32. The molecule has 0 aromatic carbocycles. The van der Waals surface area contributed by atoms with E-state index in [0.717, 1.165) is 24.2 Å². The van der Waals surface area contributed by atoms with Gasteiger partial charge in [-0.05, 0) is 55.3 Å². The molecule has 3 unspecified atom stereocenters. The lowest BCUT2D eigenvalue weighted by atomic mass is 9.61. The first-order valence-electron chi connectivity index (χ1n) is 6.60. The highest BCUT2D eigenvalue weighted by molar-refractivity contribution is 4.87. The quantitative estimate of drug-likeness (QED) is 0.750. The van der Waals surface area contributed by atoms with Crippen LogP contribution in [0.25, 0.3) is 0 Å². The topological polar surface area (TPSA) is 20.2 Å². The van der Waals surface area contributed by atoms with Gasteiger partial charge in [0.1, 0.15) is 0 Å². The fourth-order valence-corrected chi connectivity index (χ4v) is 3.08. The van der Waals surface area contributed by atoms with Gasteiger partial charge >= 0.3 is 0 Å². The number of hydrogen-bond donors (Lipinski definition) is 1. The molecule has 1 aliphatic rings. The van der Waals surface area contributed by atoms with E-state index in [1.807, 2.05) is 0 Å². The van der Waals surface area contributed by atoms with Gasteiger partial charge in [0, 0.05) is 6.61 Å². The van der Waals surface area contributed by atoms with Gasteiger partial charge in [-0.25, -0.2) is 0 Å². The minimum atomic E-state index is 0.357. The molecule has 0 heterocycles. The Bertz CT molecular complexity index is 188. The fraction of sp³-hybridized carbons (Fsp3) is 1.00. The molecule has 1 rings (SSSR count). The molecule has 1 nitrogen and oxygen atoms in total. The molecule has 1 aliphatic carbocycles. The van der Waals surface area contributed by atoms with Gasteiger partial charge in [0.2, 0.25) is 0 Å². The summed E-state index contributed by atoms with van der Waals surface area (Å²) in [4.78, 5) is 0. The lowest BCUT2D eigenvalue weighted by Gasteiger charge is -2.44. The number of aliphatic hydroxyl groups is 1. The van der Waals surface area contributed by atoms with Gasteiger partial charge in [0.15, 0.2) is 0 Å². The van der Waals surface area contributed by atoms with E-state index in [2.05, 4.69) is 27.7 Å². The van der Waals surface area contributed by atoms with Crippen LogP contribution in [0, 0.1) is 23.2 Å². The average molecular weight is 212 g/mol. The second kappa shape index (κ2) is 5.34. The van der Waals surface area contributed by atoms with Crippen molar-refractivity contribution < 1.29 is 5.11 Å². The zero-order valence-electron chi connectivity index (χ0n) is 10.9. The summed E-state index contributed by atoms with van der Waals surface area (Å²) in [6.45, 7) is 9.90. The zero-order chi connectivity index (χ0) is 11.5. The van der Waals surface area contributed by atoms with Crippen LogP contribution in [0.3, 0.4) is 0 Å². The Morgan fingerprint density at radius 2 is 2.07 bits per heavy atom. The molecule has 1 saturated carbocycles. The Morgan fingerprint density at radius 3 is 2.53 bits per heavy atom. The molecule has 0 spiro atoms. The maximum atomic E-state index is 8.94. The van der Waals surface area contributed by atoms with E-state index in [9.17, 15) is 0 Å². The van der Waals surface area contributed by atoms with E-state index in [1.165, 1.54) is 25.7 Å². The average Bonchev–Trinajstić information content (AvgIpc) is 2.19. The van der Waals surface area contributed by atoms with Crippen molar-refractivity contribution in [1.29, 1.82) is 0 Å². The molecule has 1 N–H and O–H groups in total. The summed E-state index contributed by atoms with van der Waals surface area (Å²) in [5.74, 6) is 2.60. The van der Waals surface area contributed by atoms with Crippen molar-refractivity contribution in [3.05, 3.63) is 0 Å². The molecule has 15 heavy (non-hydrogen) atoms. The van der Waals surface area contributed by atoms with Crippen molar-refractivity contribution in [2.45, 2.75) is 59.8 Å². The molecular formula is C14H28O. The van der Waals surface area contributed by atoms with Crippen molar-refractivity contribution in [2.24, 2.45) is 23.2 Å². The second-order valence-corrected chi connectivity index (χ2v) is 6.16. The van der Waals surface area contributed by atoms with Crippen molar-refractivity contribution in [2.75, 3.05) is 6.61 Å². The summed E-state index contributed by atoms with van der Waals surface area (Å²) in [5.41, 5.74) is 0.494. The maximum Gasteiger partial charge on any atom is 0.0431 e. The van der Waals surface area contributed by atoms with Crippen LogP contribution in [0.15, 0.2) is 0 Å². The SMILES string of the molecule is CC(C)C1CCC(C)(CCCO)C(C)C1. The van der Waals surface area contributed by atoms with Crippen LogP contribution in [0.4, 0.5) is 0 Å². The molecule has 0 aromatic heterocycles. The molecule has 0 aromatic rings. The van der Waals surface area contributed by atoms with Gasteiger partial charge in [-0.2, -0.15) is 0 Å². The minimum Gasteiger partial charge on any atom is -0.396 e. The first-order chi connectivity index (χ1) is 6.99. The van der Waals surface area contributed by atoms with Crippen LogP contribution in [-0.4, -0.2) is 11.7 Å². The van der Waals surface area contributed by atoms with E-state index in [-0.39, 0.29) is 0 Å². The molecule has 1 heteroatoms. The number of rotatable bonds is 4. The van der Waals surface area contributed by atoms with Gasteiger partial charge < -0.3 is 5.11 Å². The van der Waals surface area contributed by atoms with Crippen LogP contribution >= 0.6 is 0 Å². The maximum absolute atomic E-state index is 8.94. The van der Waals surface area contributed by atoms with Crippen LogP contribution in [-0.2, 0) is 0 Å². The normalized spacial score (nSPS) is 37.2. The number of aliphatic hydroxyl groups excluding tert-OH is 1. The Morgan fingerprint density at radius 1 is 1.40 bits per heavy atom. The molecular weight excluding hydrogens is 184 g/mol. The van der Waals surface area contributed by atoms with Crippen molar-refractivity contribution in [1.82, 2.24) is 0 Å². The Labute approximate surface area is 95.3 Å². The highest BCUT2D eigenvalue weighted by Gasteiger charge is 2.37. The third-order valence-electron chi connectivity index (χ3n) is 4.78. The highest BCUT2D eigenvalue weighted by atomic mass is 16.2. The molecule has 0 bridgehead atoms. The first-order valence-corrected chi connectivity index (χ1v) is 6.60. The van der Waals surface area contributed by atoms with Gasteiger partial charge in [-0.15, -0.1) is 0 Å². The van der Waals surface area contributed by atoms with Crippen LogP contribution in [0.1, 0.15) is 59.8 Å². The first kappa shape index (κ1) is 13.0. The lowest BCUT2D eigenvalue weighted by Crippen LogP contribution is -2.34. The van der Waals surface area contributed by atoms with Gasteiger partial charge in [-0.3, -0.25) is 0 Å². The van der Waals surface area contributed by atoms with Gasteiger partial charge in [0.25, 0.3) is 0 Å². The standard InChI is InChI=1S/C14H28O/c1-11(2)13-6-8-14(4,7-5-9-15)12(3)10-13/h11-13,15H,5-10H2,1-4H3. The molecule has 1 fully saturated rings. The van der Waals surface area contributed by atoms with E-state index in [1.54, 1.807) is 0 Å². The molecule has 0 amide bonds. The highest BCUT2D eigenvalue weighted by Crippen LogP contribution is 2.47. The van der Waals surface area contributed by atoms with Gasteiger partial charge in [0.05, 0.1) is 0 Å². The van der Waals surface area contributed by atoms with Crippen LogP contribution in [0.5, 0.6) is 0 Å². The third kappa shape index (κ3) is 3.21. The Hall–Kier alpha value is -0.0400. The van der Waals surface area contributed by atoms with Crippen LogP contribution in [0.2, 0.25) is 0 Å². The van der Waals surface area contributed by atoms with Gasteiger partial charge in [-0.1, -0.05) is 27.7 Å². The van der Waals surface area contributed by atoms with Crippen LogP contribution < -0.4 is 0 Å². The summed E-state index contributed by atoms with van der Waals surface area (Å²) in [6, 6.07) is 0.